The van der Waals surface area contributed by atoms with E-state index in [0.717, 1.165) is 28.3 Å². The summed E-state index contributed by atoms with van der Waals surface area (Å²) in [7, 11) is 1.62. The van der Waals surface area contributed by atoms with Crippen LogP contribution in [-0.2, 0) is 4.74 Å². The standard InChI is InChI=1S/C29H28ClFN4O2S/c1-18-16-21(19(2)34(18)25-10-5-4-8-23(25)31)28-27(24-9-6-7-13-32-24)33-29(38)35(28)20-11-12-26(22(30)17-20)37-15-14-36-3/h4-13,16-17,27-28H,14-15H2,1-3H3,(H,33,38)/t27-,28+/m1/s1. The average molecular weight is 551 g/mol. The summed E-state index contributed by atoms with van der Waals surface area (Å²) in [6, 6.07) is 19.8. The summed E-state index contributed by atoms with van der Waals surface area (Å²) in [6.45, 7) is 4.84. The number of aromatic nitrogens is 2. The Labute approximate surface area is 232 Å². The van der Waals surface area contributed by atoms with Crippen molar-refractivity contribution in [1.82, 2.24) is 14.9 Å². The maximum absolute atomic E-state index is 14.9. The van der Waals surface area contributed by atoms with Gasteiger partial charge in [0.1, 0.15) is 18.2 Å². The molecule has 38 heavy (non-hydrogen) atoms. The van der Waals surface area contributed by atoms with Crippen LogP contribution in [0.5, 0.6) is 5.75 Å². The highest BCUT2D eigenvalue weighted by atomic mass is 35.5. The average Bonchev–Trinajstić information content (AvgIpc) is 3.41. The van der Waals surface area contributed by atoms with Gasteiger partial charge in [-0.3, -0.25) is 4.98 Å². The normalized spacial score (nSPS) is 17.1. The zero-order chi connectivity index (χ0) is 26.8. The van der Waals surface area contributed by atoms with E-state index in [1.165, 1.54) is 6.07 Å². The first-order valence-corrected chi connectivity index (χ1v) is 13.0. The van der Waals surface area contributed by atoms with Crippen LogP contribution in [0.15, 0.2) is 72.9 Å². The molecule has 1 N–H and O–H groups in total. The Morgan fingerprint density at radius 1 is 1.05 bits per heavy atom. The van der Waals surface area contributed by atoms with Gasteiger partial charge in [0.2, 0.25) is 0 Å². The maximum Gasteiger partial charge on any atom is 0.174 e. The number of ether oxygens (including phenoxy) is 2. The Bertz CT molecular complexity index is 1460. The number of rotatable bonds is 8. The van der Waals surface area contributed by atoms with E-state index in [1.54, 1.807) is 25.4 Å². The molecular formula is C29H28ClFN4O2S. The van der Waals surface area contributed by atoms with Gasteiger partial charge in [-0.25, -0.2) is 4.39 Å². The minimum Gasteiger partial charge on any atom is -0.490 e. The molecule has 1 fully saturated rings. The molecule has 0 spiro atoms. The van der Waals surface area contributed by atoms with Crippen LogP contribution in [0, 0.1) is 19.7 Å². The van der Waals surface area contributed by atoms with Crippen LogP contribution in [0.1, 0.15) is 34.7 Å². The van der Waals surface area contributed by atoms with Gasteiger partial charge in [-0.2, -0.15) is 0 Å². The summed E-state index contributed by atoms with van der Waals surface area (Å²) in [6.07, 6.45) is 1.77. The second-order valence-electron chi connectivity index (χ2n) is 9.07. The highest BCUT2D eigenvalue weighted by molar-refractivity contribution is 7.80. The Morgan fingerprint density at radius 2 is 1.84 bits per heavy atom. The minimum atomic E-state index is -0.283. The molecule has 3 heterocycles. The molecule has 0 radical (unpaired) electrons. The largest absolute Gasteiger partial charge is 0.490 e. The van der Waals surface area contributed by atoms with E-state index in [4.69, 9.17) is 33.3 Å². The van der Waals surface area contributed by atoms with Crippen molar-refractivity contribution in [3.63, 3.8) is 0 Å². The second-order valence-corrected chi connectivity index (χ2v) is 9.86. The van der Waals surface area contributed by atoms with Gasteiger partial charge in [-0.05, 0) is 80.2 Å². The predicted octanol–water partition coefficient (Wildman–Crippen LogP) is 6.48. The Hall–Kier alpha value is -3.46. The summed E-state index contributed by atoms with van der Waals surface area (Å²) < 4.78 is 27.6. The lowest BCUT2D eigenvalue weighted by Gasteiger charge is -2.28. The molecule has 0 unspecified atom stereocenters. The maximum atomic E-state index is 14.9. The highest BCUT2D eigenvalue weighted by Gasteiger charge is 2.42. The van der Waals surface area contributed by atoms with E-state index < -0.39 is 0 Å². The van der Waals surface area contributed by atoms with Gasteiger partial charge in [0.25, 0.3) is 0 Å². The van der Waals surface area contributed by atoms with Crippen molar-refractivity contribution in [3.8, 4) is 11.4 Å². The van der Waals surface area contributed by atoms with Crippen molar-refractivity contribution >= 4 is 34.6 Å². The zero-order valence-corrected chi connectivity index (χ0v) is 22.9. The summed E-state index contributed by atoms with van der Waals surface area (Å²) in [4.78, 5) is 6.68. The Kier molecular flexibility index (Phi) is 7.65. The van der Waals surface area contributed by atoms with Crippen molar-refractivity contribution in [2.45, 2.75) is 25.9 Å². The molecular weight excluding hydrogens is 523 g/mol. The second kappa shape index (κ2) is 11.1. The molecule has 9 heteroatoms. The summed E-state index contributed by atoms with van der Waals surface area (Å²) >= 11 is 12.5. The highest BCUT2D eigenvalue weighted by Crippen LogP contribution is 2.45. The number of nitrogens with zero attached hydrogens (tertiary/aromatic N) is 3. The molecule has 1 saturated heterocycles. The van der Waals surface area contributed by atoms with Crippen LogP contribution in [0.4, 0.5) is 10.1 Å². The third-order valence-corrected chi connectivity index (χ3v) is 7.33. The topological polar surface area (TPSA) is 51.6 Å². The first-order valence-electron chi connectivity index (χ1n) is 12.3. The number of nitrogens with one attached hydrogen (secondary N) is 1. The number of pyridine rings is 1. The fourth-order valence-corrected chi connectivity index (χ4v) is 5.61. The molecule has 6 nitrogen and oxygen atoms in total. The fraction of sp³-hybridized carbons (Fsp3) is 0.241. The number of para-hydroxylation sites is 1. The smallest absolute Gasteiger partial charge is 0.174 e. The van der Waals surface area contributed by atoms with Crippen LogP contribution >= 0.6 is 23.8 Å². The number of aryl methyl sites for hydroxylation is 1. The third kappa shape index (κ3) is 4.87. The molecule has 196 valence electrons. The van der Waals surface area contributed by atoms with Gasteiger partial charge in [-0.1, -0.05) is 29.8 Å². The summed E-state index contributed by atoms with van der Waals surface area (Å²) in [5.41, 5.74) is 5.00. The van der Waals surface area contributed by atoms with Crippen LogP contribution in [0.3, 0.4) is 0 Å². The molecule has 2 aromatic heterocycles. The van der Waals surface area contributed by atoms with Crippen LogP contribution in [-0.4, -0.2) is 35.0 Å². The number of hydrogen-bond acceptors (Lipinski definition) is 4. The monoisotopic (exact) mass is 550 g/mol. The minimum absolute atomic E-state index is 0.241. The van der Waals surface area contributed by atoms with Gasteiger partial charge in [-0.15, -0.1) is 0 Å². The van der Waals surface area contributed by atoms with Crippen LogP contribution < -0.4 is 15.0 Å². The third-order valence-electron chi connectivity index (χ3n) is 6.72. The van der Waals surface area contributed by atoms with E-state index in [0.29, 0.717) is 34.8 Å². The van der Waals surface area contributed by atoms with Crippen molar-refractivity contribution in [2.24, 2.45) is 0 Å². The quantitative estimate of drug-likeness (QED) is 0.200. The van der Waals surface area contributed by atoms with E-state index >= 15 is 0 Å². The van der Waals surface area contributed by atoms with Gasteiger partial charge >= 0.3 is 0 Å². The number of methoxy groups -OCH3 is 1. The molecule has 2 atom stereocenters. The van der Waals surface area contributed by atoms with Gasteiger partial charge in [0.15, 0.2) is 5.11 Å². The lowest BCUT2D eigenvalue weighted by atomic mass is 9.96. The van der Waals surface area contributed by atoms with Crippen molar-refractivity contribution in [3.05, 3.63) is 106 Å². The van der Waals surface area contributed by atoms with E-state index in [2.05, 4.69) is 16.4 Å². The summed E-state index contributed by atoms with van der Waals surface area (Å²) in [5, 5.41) is 4.49. The van der Waals surface area contributed by atoms with Crippen molar-refractivity contribution < 1.29 is 13.9 Å². The van der Waals surface area contributed by atoms with E-state index in [9.17, 15) is 4.39 Å². The molecule has 5 rings (SSSR count). The lowest BCUT2D eigenvalue weighted by Crippen LogP contribution is -2.29. The van der Waals surface area contributed by atoms with Crippen LogP contribution in [0.25, 0.3) is 5.69 Å². The molecule has 0 bridgehead atoms. The van der Waals surface area contributed by atoms with Gasteiger partial charge in [0, 0.05) is 30.4 Å². The molecule has 0 amide bonds. The van der Waals surface area contributed by atoms with E-state index in [-0.39, 0.29) is 17.9 Å². The zero-order valence-electron chi connectivity index (χ0n) is 21.3. The molecule has 4 aromatic rings. The summed E-state index contributed by atoms with van der Waals surface area (Å²) in [5.74, 6) is 0.288. The molecule has 0 aliphatic carbocycles. The number of benzene rings is 2. The SMILES string of the molecule is COCCOc1ccc(N2C(=S)N[C@H](c3ccccn3)[C@@H]2c2cc(C)n(-c3ccccc3F)c2C)cc1Cl. The van der Waals surface area contributed by atoms with Gasteiger partial charge in [0.05, 0.1) is 35.1 Å². The van der Waals surface area contributed by atoms with Gasteiger partial charge < -0.3 is 24.3 Å². The van der Waals surface area contributed by atoms with Crippen molar-refractivity contribution in [2.75, 3.05) is 25.2 Å². The van der Waals surface area contributed by atoms with Crippen LogP contribution in [0.2, 0.25) is 5.02 Å². The molecule has 2 aromatic carbocycles. The lowest BCUT2D eigenvalue weighted by molar-refractivity contribution is 0.146. The van der Waals surface area contributed by atoms with E-state index in [1.807, 2.05) is 65.8 Å². The number of halogens is 2. The molecule has 0 saturated carbocycles. The Morgan fingerprint density at radius 3 is 2.55 bits per heavy atom. The first kappa shape index (κ1) is 26.2. The first-order chi connectivity index (χ1) is 18.4. The molecule has 1 aliphatic heterocycles. The predicted molar refractivity (Wildman–Crippen MR) is 152 cm³/mol. The fourth-order valence-electron chi connectivity index (χ4n) is 5.03. The number of thiocarbonyl (C=S) groups is 1. The van der Waals surface area contributed by atoms with Crippen molar-refractivity contribution in [1.29, 1.82) is 0 Å². The Balaban J connectivity index is 1.61. The molecule has 1 aliphatic rings. The number of hydrogen-bond donors (Lipinski definition) is 1. The number of anilines is 1.